The van der Waals surface area contributed by atoms with E-state index in [-0.39, 0.29) is 5.82 Å². The Morgan fingerprint density at radius 1 is 0.947 bits per heavy atom. The molecule has 0 aliphatic rings. The molecule has 0 radical (unpaired) electrons. The van der Waals surface area contributed by atoms with Crippen LogP contribution in [0.3, 0.4) is 0 Å². The van der Waals surface area contributed by atoms with Gasteiger partial charge in [-0.3, -0.25) is 0 Å². The lowest BCUT2D eigenvalue weighted by Crippen LogP contribution is -1.81. The van der Waals surface area contributed by atoms with Crippen molar-refractivity contribution in [2.75, 3.05) is 0 Å². The molecule has 19 heavy (non-hydrogen) atoms. The van der Waals surface area contributed by atoms with Gasteiger partial charge in [0.2, 0.25) is 11.8 Å². The van der Waals surface area contributed by atoms with E-state index < -0.39 is 0 Å². The molecule has 94 valence electrons. The predicted molar refractivity (Wildman–Crippen MR) is 77.8 cm³/mol. The van der Waals surface area contributed by atoms with E-state index in [0.717, 1.165) is 9.13 Å². The molecule has 3 rings (SSSR count). The van der Waals surface area contributed by atoms with Gasteiger partial charge in [0.15, 0.2) is 0 Å². The molecule has 0 bridgehead atoms. The average molecular weight is 366 g/mol. The highest BCUT2D eigenvalue weighted by Gasteiger charge is 2.12. The summed E-state index contributed by atoms with van der Waals surface area (Å²) in [6, 6.07) is 13.8. The Labute approximate surface area is 122 Å². The smallest absolute Gasteiger partial charge is 0.249 e. The number of nitrogens with zero attached hydrogens (tertiary/aromatic N) is 2. The van der Waals surface area contributed by atoms with Crippen LogP contribution in [0.1, 0.15) is 0 Å². The SMILES string of the molecule is Fc1cccc(-c2nnc(-c3ccccc3I)o2)c1. The fourth-order valence-electron chi connectivity index (χ4n) is 1.70. The van der Waals surface area contributed by atoms with Crippen LogP contribution in [-0.2, 0) is 0 Å². The van der Waals surface area contributed by atoms with Crippen LogP contribution in [0.5, 0.6) is 0 Å². The van der Waals surface area contributed by atoms with Gasteiger partial charge in [0.25, 0.3) is 0 Å². The van der Waals surface area contributed by atoms with Gasteiger partial charge in [-0.15, -0.1) is 10.2 Å². The standard InChI is InChI=1S/C14H8FIN2O/c15-10-5-3-4-9(8-10)13-17-18-14(19-13)11-6-1-2-7-12(11)16/h1-8H. The molecule has 2 aromatic carbocycles. The van der Waals surface area contributed by atoms with Crippen LogP contribution >= 0.6 is 22.6 Å². The molecule has 5 heteroatoms. The molecule has 0 spiro atoms. The highest BCUT2D eigenvalue weighted by atomic mass is 127. The summed E-state index contributed by atoms with van der Waals surface area (Å²) in [6.07, 6.45) is 0. The quantitative estimate of drug-likeness (QED) is 0.640. The van der Waals surface area contributed by atoms with Crippen LogP contribution in [0.25, 0.3) is 22.9 Å². The minimum atomic E-state index is -0.327. The largest absolute Gasteiger partial charge is 0.416 e. The van der Waals surface area contributed by atoms with Gasteiger partial charge in [-0.05, 0) is 52.9 Å². The molecule has 3 nitrogen and oxygen atoms in total. The first kappa shape index (κ1) is 12.3. The molecule has 0 aliphatic heterocycles. The highest BCUT2D eigenvalue weighted by molar-refractivity contribution is 14.1. The monoisotopic (exact) mass is 366 g/mol. The Kier molecular flexibility index (Phi) is 3.29. The van der Waals surface area contributed by atoms with Crippen LogP contribution in [0.15, 0.2) is 52.9 Å². The van der Waals surface area contributed by atoms with E-state index in [1.165, 1.54) is 12.1 Å². The first-order valence-corrected chi connectivity index (χ1v) is 6.66. The maximum atomic E-state index is 13.2. The minimum absolute atomic E-state index is 0.314. The van der Waals surface area contributed by atoms with Crippen LogP contribution in [0.2, 0.25) is 0 Å². The second kappa shape index (κ2) is 5.08. The van der Waals surface area contributed by atoms with Gasteiger partial charge in [0.1, 0.15) is 5.82 Å². The molecule has 0 saturated carbocycles. The van der Waals surface area contributed by atoms with Crippen molar-refractivity contribution >= 4 is 22.6 Å². The summed E-state index contributed by atoms with van der Waals surface area (Å²) in [5.74, 6) is 0.421. The molecular formula is C14H8FIN2O. The number of aromatic nitrogens is 2. The lowest BCUT2D eigenvalue weighted by Gasteiger charge is -1.97. The average Bonchev–Trinajstić information content (AvgIpc) is 2.89. The fourth-order valence-corrected chi connectivity index (χ4v) is 2.32. The van der Waals surface area contributed by atoms with E-state index in [4.69, 9.17) is 4.42 Å². The zero-order valence-corrected chi connectivity index (χ0v) is 11.8. The molecule has 0 atom stereocenters. The Hall–Kier alpha value is -1.76. The highest BCUT2D eigenvalue weighted by Crippen LogP contribution is 2.27. The number of hydrogen-bond donors (Lipinski definition) is 0. The number of rotatable bonds is 2. The van der Waals surface area contributed by atoms with Gasteiger partial charge in [0, 0.05) is 9.13 Å². The summed E-state index contributed by atoms with van der Waals surface area (Å²) in [7, 11) is 0. The molecule has 0 aliphatic carbocycles. The zero-order valence-electron chi connectivity index (χ0n) is 9.68. The first-order chi connectivity index (χ1) is 9.24. The van der Waals surface area contributed by atoms with E-state index in [2.05, 4.69) is 32.8 Å². The summed E-state index contributed by atoms with van der Waals surface area (Å²) in [5.41, 5.74) is 1.45. The van der Waals surface area contributed by atoms with Crippen molar-refractivity contribution < 1.29 is 8.81 Å². The fraction of sp³-hybridized carbons (Fsp3) is 0. The molecule has 1 aromatic heterocycles. The third kappa shape index (κ3) is 2.51. The molecular weight excluding hydrogens is 358 g/mol. The molecule has 3 aromatic rings. The molecule has 1 heterocycles. The third-order valence-electron chi connectivity index (χ3n) is 2.60. The normalized spacial score (nSPS) is 10.6. The van der Waals surface area contributed by atoms with E-state index in [1.807, 2.05) is 24.3 Å². The Balaban J connectivity index is 2.03. The molecule has 0 N–H and O–H groups in total. The van der Waals surface area contributed by atoms with Crippen molar-refractivity contribution in [3.63, 3.8) is 0 Å². The van der Waals surface area contributed by atoms with Crippen molar-refractivity contribution in [2.45, 2.75) is 0 Å². The van der Waals surface area contributed by atoms with Gasteiger partial charge in [0.05, 0.1) is 5.56 Å². The van der Waals surface area contributed by atoms with Gasteiger partial charge < -0.3 is 4.42 Å². The van der Waals surface area contributed by atoms with Crippen LogP contribution in [-0.4, -0.2) is 10.2 Å². The molecule has 0 unspecified atom stereocenters. The lowest BCUT2D eigenvalue weighted by atomic mass is 10.2. The number of benzene rings is 2. The topological polar surface area (TPSA) is 38.9 Å². The first-order valence-electron chi connectivity index (χ1n) is 5.58. The Morgan fingerprint density at radius 3 is 2.53 bits per heavy atom. The Bertz CT molecular complexity index is 727. The van der Waals surface area contributed by atoms with E-state index >= 15 is 0 Å². The maximum Gasteiger partial charge on any atom is 0.249 e. The minimum Gasteiger partial charge on any atom is -0.416 e. The summed E-state index contributed by atoms with van der Waals surface area (Å²) < 4.78 is 19.8. The van der Waals surface area contributed by atoms with Crippen molar-refractivity contribution in [1.82, 2.24) is 10.2 Å². The number of hydrogen-bond acceptors (Lipinski definition) is 3. The van der Waals surface area contributed by atoms with E-state index in [0.29, 0.717) is 17.3 Å². The van der Waals surface area contributed by atoms with Gasteiger partial charge in [-0.25, -0.2) is 4.39 Å². The Morgan fingerprint density at radius 2 is 1.74 bits per heavy atom. The van der Waals surface area contributed by atoms with Crippen molar-refractivity contribution in [3.8, 4) is 22.9 Å². The van der Waals surface area contributed by atoms with Crippen molar-refractivity contribution in [2.24, 2.45) is 0 Å². The summed E-state index contributed by atoms with van der Waals surface area (Å²) in [5, 5.41) is 7.97. The molecule has 0 fully saturated rings. The van der Waals surface area contributed by atoms with Crippen LogP contribution in [0, 0.1) is 9.39 Å². The van der Waals surface area contributed by atoms with E-state index in [1.54, 1.807) is 12.1 Å². The molecule has 0 amide bonds. The second-order valence-corrected chi connectivity index (χ2v) is 5.06. The van der Waals surface area contributed by atoms with Crippen LogP contribution in [0.4, 0.5) is 4.39 Å². The summed E-state index contributed by atoms with van der Waals surface area (Å²) in [6.45, 7) is 0. The van der Waals surface area contributed by atoms with Crippen molar-refractivity contribution in [3.05, 3.63) is 57.9 Å². The van der Waals surface area contributed by atoms with Crippen LogP contribution < -0.4 is 0 Å². The predicted octanol–water partition coefficient (Wildman–Crippen LogP) is 4.15. The zero-order chi connectivity index (χ0) is 13.2. The van der Waals surface area contributed by atoms with Gasteiger partial charge in [-0.1, -0.05) is 18.2 Å². The second-order valence-electron chi connectivity index (χ2n) is 3.90. The molecule has 0 saturated heterocycles. The third-order valence-corrected chi connectivity index (χ3v) is 3.54. The summed E-state index contributed by atoms with van der Waals surface area (Å²) in [4.78, 5) is 0. The maximum absolute atomic E-state index is 13.2. The lowest BCUT2D eigenvalue weighted by molar-refractivity contribution is 0.581. The summed E-state index contributed by atoms with van der Waals surface area (Å²) >= 11 is 2.21. The number of halogens is 2. The van der Waals surface area contributed by atoms with Gasteiger partial charge >= 0.3 is 0 Å². The van der Waals surface area contributed by atoms with E-state index in [9.17, 15) is 4.39 Å². The van der Waals surface area contributed by atoms with Gasteiger partial charge in [-0.2, -0.15) is 0 Å². The van der Waals surface area contributed by atoms with Crippen molar-refractivity contribution in [1.29, 1.82) is 0 Å².